The Balaban J connectivity index is 1.82. The quantitative estimate of drug-likeness (QED) is 0.529. The van der Waals surface area contributed by atoms with E-state index in [1.54, 1.807) is 19.2 Å². The number of anilines is 1. The van der Waals surface area contributed by atoms with Gasteiger partial charge >= 0.3 is 0 Å². The highest BCUT2D eigenvalue weighted by Gasteiger charge is 2.10. The molecule has 1 heterocycles. The number of benzene rings is 2. The zero-order chi connectivity index (χ0) is 20.1. The molecule has 0 saturated heterocycles. The van der Waals surface area contributed by atoms with Crippen molar-refractivity contribution in [1.82, 2.24) is 10.3 Å². The molecular formula is C23H25FN4. The minimum Gasteiger partial charge on any atom is -0.381 e. The van der Waals surface area contributed by atoms with Gasteiger partial charge in [0.2, 0.25) is 0 Å². The van der Waals surface area contributed by atoms with E-state index in [1.807, 2.05) is 50.4 Å². The molecule has 0 aliphatic heterocycles. The number of rotatable bonds is 7. The van der Waals surface area contributed by atoms with E-state index in [1.165, 1.54) is 6.07 Å². The van der Waals surface area contributed by atoms with Crippen molar-refractivity contribution in [3.05, 3.63) is 94.1 Å². The van der Waals surface area contributed by atoms with Crippen molar-refractivity contribution < 1.29 is 4.39 Å². The molecule has 0 saturated carbocycles. The standard InChI is InChI=1S/C23H25FN4/c1-15-10-17(4-6-21(15)24)13-28-22-7-5-18(12-20(22)14-26-3)23(25)19-8-9-27-16(2)11-19/h4-12,25-26,28H,13-14H2,1-3H3. The molecule has 3 rings (SSSR count). The maximum atomic E-state index is 13.5. The van der Waals surface area contributed by atoms with Crippen LogP contribution in [0, 0.1) is 25.1 Å². The third kappa shape index (κ3) is 4.61. The third-order valence-corrected chi connectivity index (χ3v) is 4.65. The largest absolute Gasteiger partial charge is 0.381 e. The Hall–Kier alpha value is -3.05. The molecule has 3 N–H and O–H groups in total. The number of halogens is 1. The van der Waals surface area contributed by atoms with E-state index in [9.17, 15) is 4.39 Å². The molecule has 0 fully saturated rings. The molecule has 3 aromatic rings. The summed E-state index contributed by atoms with van der Waals surface area (Å²) >= 11 is 0. The Bertz CT molecular complexity index is 998. The summed E-state index contributed by atoms with van der Waals surface area (Å²) in [5.41, 5.74) is 6.83. The molecule has 5 heteroatoms. The molecule has 1 aromatic heterocycles. The van der Waals surface area contributed by atoms with Gasteiger partial charge in [0.1, 0.15) is 5.82 Å². The van der Waals surface area contributed by atoms with E-state index in [4.69, 9.17) is 5.41 Å². The summed E-state index contributed by atoms with van der Waals surface area (Å²) in [5.74, 6) is -0.186. The molecule has 0 spiro atoms. The number of aromatic nitrogens is 1. The second kappa shape index (κ2) is 8.76. The van der Waals surface area contributed by atoms with Crippen LogP contribution in [0.4, 0.5) is 10.1 Å². The number of pyridine rings is 1. The molecule has 0 aliphatic rings. The Morgan fingerprint density at radius 2 is 1.79 bits per heavy atom. The molecule has 0 atom stereocenters. The molecule has 4 nitrogen and oxygen atoms in total. The highest BCUT2D eigenvalue weighted by atomic mass is 19.1. The van der Waals surface area contributed by atoms with E-state index in [2.05, 4.69) is 15.6 Å². The van der Waals surface area contributed by atoms with Crippen LogP contribution in [0.1, 0.15) is 33.5 Å². The summed E-state index contributed by atoms with van der Waals surface area (Å²) in [6.07, 6.45) is 1.73. The first kappa shape index (κ1) is 19.7. The molecule has 0 aliphatic carbocycles. The summed E-state index contributed by atoms with van der Waals surface area (Å²) in [5, 5.41) is 15.2. The van der Waals surface area contributed by atoms with Crippen LogP contribution in [0.3, 0.4) is 0 Å². The summed E-state index contributed by atoms with van der Waals surface area (Å²) in [4.78, 5) is 4.20. The van der Waals surface area contributed by atoms with Gasteiger partial charge in [-0.2, -0.15) is 0 Å². The number of hydrogen-bond acceptors (Lipinski definition) is 4. The predicted octanol–water partition coefficient (Wildman–Crippen LogP) is 4.59. The van der Waals surface area contributed by atoms with E-state index in [-0.39, 0.29) is 5.82 Å². The van der Waals surface area contributed by atoms with Gasteiger partial charge in [0, 0.05) is 41.8 Å². The van der Waals surface area contributed by atoms with E-state index < -0.39 is 0 Å². The van der Waals surface area contributed by atoms with Gasteiger partial charge in [0.25, 0.3) is 0 Å². The van der Waals surface area contributed by atoms with Gasteiger partial charge in [-0.3, -0.25) is 10.4 Å². The topological polar surface area (TPSA) is 60.8 Å². The lowest BCUT2D eigenvalue weighted by atomic mass is 9.99. The highest BCUT2D eigenvalue weighted by Crippen LogP contribution is 2.21. The molecule has 2 aromatic carbocycles. The van der Waals surface area contributed by atoms with Gasteiger partial charge < -0.3 is 10.6 Å². The Kier molecular flexibility index (Phi) is 6.16. The van der Waals surface area contributed by atoms with Crippen molar-refractivity contribution in [3.8, 4) is 0 Å². The number of aryl methyl sites for hydroxylation is 2. The Morgan fingerprint density at radius 1 is 1.00 bits per heavy atom. The van der Waals surface area contributed by atoms with Gasteiger partial charge in [-0.15, -0.1) is 0 Å². The van der Waals surface area contributed by atoms with Crippen LogP contribution in [-0.2, 0) is 13.1 Å². The SMILES string of the molecule is CNCc1cc(C(=N)c2ccnc(C)c2)ccc1NCc1ccc(F)c(C)c1. The summed E-state index contributed by atoms with van der Waals surface area (Å²) in [6.45, 7) is 4.99. The fraction of sp³-hybridized carbons (Fsp3) is 0.217. The van der Waals surface area contributed by atoms with Crippen molar-refractivity contribution in [2.75, 3.05) is 12.4 Å². The van der Waals surface area contributed by atoms with Gasteiger partial charge in [-0.05, 0) is 67.9 Å². The van der Waals surface area contributed by atoms with Crippen molar-refractivity contribution in [2.24, 2.45) is 0 Å². The molecule has 0 amide bonds. The van der Waals surface area contributed by atoms with Crippen molar-refractivity contribution in [3.63, 3.8) is 0 Å². The molecule has 0 bridgehead atoms. The third-order valence-electron chi connectivity index (χ3n) is 4.65. The summed E-state index contributed by atoms with van der Waals surface area (Å²) < 4.78 is 13.5. The number of nitrogens with one attached hydrogen (secondary N) is 3. The second-order valence-electron chi connectivity index (χ2n) is 6.90. The maximum absolute atomic E-state index is 13.5. The van der Waals surface area contributed by atoms with E-state index >= 15 is 0 Å². The van der Waals surface area contributed by atoms with Crippen LogP contribution in [0.5, 0.6) is 0 Å². The van der Waals surface area contributed by atoms with Crippen molar-refractivity contribution >= 4 is 11.4 Å². The van der Waals surface area contributed by atoms with Crippen LogP contribution in [0.2, 0.25) is 0 Å². The zero-order valence-electron chi connectivity index (χ0n) is 16.4. The lowest BCUT2D eigenvalue weighted by Crippen LogP contribution is -2.11. The normalized spacial score (nSPS) is 10.7. The predicted molar refractivity (Wildman–Crippen MR) is 113 cm³/mol. The first-order chi connectivity index (χ1) is 13.5. The number of nitrogens with zero attached hydrogens (tertiary/aromatic N) is 1. The fourth-order valence-corrected chi connectivity index (χ4v) is 3.14. The first-order valence-electron chi connectivity index (χ1n) is 9.26. The average molecular weight is 376 g/mol. The molecule has 0 unspecified atom stereocenters. The lowest BCUT2D eigenvalue weighted by molar-refractivity contribution is 0.617. The van der Waals surface area contributed by atoms with Crippen molar-refractivity contribution in [2.45, 2.75) is 26.9 Å². The first-order valence-corrected chi connectivity index (χ1v) is 9.26. The number of hydrogen-bond donors (Lipinski definition) is 3. The van der Waals surface area contributed by atoms with Crippen molar-refractivity contribution in [1.29, 1.82) is 5.41 Å². The van der Waals surface area contributed by atoms with Gasteiger partial charge in [-0.25, -0.2) is 4.39 Å². The monoisotopic (exact) mass is 376 g/mol. The summed E-state index contributed by atoms with van der Waals surface area (Å²) in [7, 11) is 1.90. The lowest BCUT2D eigenvalue weighted by Gasteiger charge is -2.15. The van der Waals surface area contributed by atoms with Gasteiger partial charge in [0.05, 0.1) is 5.71 Å². The minimum absolute atomic E-state index is 0.186. The zero-order valence-corrected chi connectivity index (χ0v) is 16.4. The fourth-order valence-electron chi connectivity index (χ4n) is 3.14. The average Bonchev–Trinajstić information content (AvgIpc) is 2.69. The summed E-state index contributed by atoms with van der Waals surface area (Å²) in [6, 6.07) is 14.9. The Morgan fingerprint density at radius 3 is 2.50 bits per heavy atom. The van der Waals surface area contributed by atoms with Crippen LogP contribution in [-0.4, -0.2) is 17.7 Å². The second-order valence-corrected chi connectivity index (χ2v) is 6.90. The maximum Gasteiger partial charge on any atom is 0.126 e. The molecule has 28 heavy (non-hydrogen) atoms. The van der Waals surface area contributed by atoms with E-state index in [0.29, 0.717) is 24.4 Å². The van der Waals surface area contributed by atoms with Gasteiger partial charge in [0.15, 0.2) is 0 Å². The molecule has 144 valence electrons. The Labute approximate surface area is 165 Å². The minimum atomic E-state index is -0.186. The molecule has 0 radical (unpaired) electrons. The van der Waals surface area contributed by atoms with Crippen LogP contribution < -0.4 is 10.6 Å². The molecular weight excluding hydrogens is 351 g/mol. The van der Waals surface area contributed by atoms with E-state index in [0.717, 1.165) is 33.6 Å². The van der Waals surface area contributed by atoms with Crippen LogP contribution >= 0.6 is 0 Å². The van der Waals surface area contributed by atoms with Gasteiger partial charge in [-0.1, -0.05) is 18.2 Å². The van der Waals surface area contributed by atoms with Crippen LogP contribution in [0.25, 0.3) is 0 Å². The smallest absolute Gasteiger partial charge is 0.126 e. The highest BCUT2D eigenvalue weighted by molar-refractivity contribution is 6.11. The van der Waals surface area contributed by atoms with Crippen LogP contribution in [0.15, 0.2) is 54.7 Å².